The van der Waals surface area contributed by atoms with Crippen molar-refractivity contribution in [3.8, 4) is 5.75 Å². The minimum atomic E-state index is 0.177. The Kier molecular flexibility index (Phi) is 2.53. The lowest BCUT2D eigenvalue weighted by Crippen LogP contribution is -2.05. The van der Waals surface area contributed by atoms with Gasteiger partial charge in [-0.05, 0) is 36.1 Å². The molecule has 1 aromatic heterocycles. The number of benzene rings is 1. The third kappa shape index (κ3) is 2.01. The van der Waals surface area contributed by atoms with Gasteiger partial charge in [-0.15, -0.1) is 0 Å². The molecule has 1 unspecified atom stereocenters. The Hall–Kier alpha value is -1.88. The monoisotopic (exact) mass is 231 g/mol. The van der Waals surface area contributed by atoms with Crippen molar-refractivity contribution >= 4 is 0 Å². The van der Waals surface area contributed by atoms with Crippen molar-refractivity contribution in [2.45, 2.75) is 25.5 Å². The predicted octanol–water partition coefficient (Wildman–Crippen LogP) is 1.59. The maximum absolute atomic E-state index is 5.97. The Morgan fingerprint density at radius 3 is 3.24 bits per heavy atom. The molecule has 1 aliphatic rings. The highest BCUT2D eigenvalue weighted by Gasteiger charge is 2.19. The largest absolute Gasteiger partial charge is 0.485 e. The zero-order valence-electron chi connectivity index (χ0n) is 9.30. The molecule has 0 saturated heterocycles. The summed E-state index contributed by atoms with van der Waals surface area (Å²) < 4.78 is 10.2. The third-order valence-electron chi connectivity index (χ3n) is 3.01. The summed E-state index contributed by atoms with van der Waals surface area (Å²) >= 11 is 0. The lowest BCUT2D eigenvalue weighted by atomic mass is 10.1. The van der Waals surface area contributed by atoms with Gasteiger partial charge in [0, 0.05) is 6.04 Å². The van der Waals surface area contributed by atoms with Crippen molar-refractivity contribution in [1.29, 1.82) is 0 Å². The molecule has 0 amide bonds. The number of hydrogen-bond acceptors (Lipinski definition) is 5. The van der Waals surface area contributed by atoms with Gasteiger partial charge in [-0.1, -0.05) is 11.2 Å². The number of ether oxygens (including phenoxy) is 1. The number of hydrogen-bond donors (Lipinski definition) is 1. The van der Waals surface area contributed by atoms with E-state index in [-0.39, 0.29) is 6.04 Å². The number of aromatic nitrogens is 2. The fourth-order valence-electron chi connectivity index (χ4n) is 2.12. The van der Waals surface area contributed by atoms with E-state index in [1.54, 1.807) is 0 Å². The Balaban J connectivity index is 1.72. The molecular weight excluding hydrogens is 218 g/mol. The molecule has 1 aromatic carbocycles. The minimum Gasteiger partial charge on any atom is -0.485 e. The molecule has 5 nitrogen and oxygen atoms in total. The van der Waals surface area contributed by atoms with E-state index in [1.165, 1.54) is 17.5 Å². The first kappa shape index (κ1) is 10.3. The summed E-state index contributed by atoms with van der Waals surface area (Å²) in [6.45, 7) is 0.321. The maximum atomic E-state index is 5.97. The van der Waals surface area contributed by atoms with Crippen LogP contribution in [0.2, 0.25) is 0 Å². The molecule has 2 N–H and O–H groups in total. The first-order valence-electron chi connectivity index (χ1n) is 5.59. The predicted molar refractivity (Wildman–Crippen MR) is 60.3 cm³/mol. The summed E-state index contributed by atoms with van der Waals surface area (Å²) in [5.41, 5.74) is 8.49. The van der Waals surface area contributed by atoms with Gasteiger partial charge in [0.05, 0.1) is 0 Å². The Labute approximate surface area is 98.6 Å². The van der Waals surface area contributed by atoms with Gasteiger partial charge in [-0.2, -0.15) is 4.98 Å². The smallest absolute Gasteiger partial charge is 0.213 e. The second kappa shape index (κ2) is 4.18. The van der Waals surface area contributed by atoms with E-state index in [9.17, 15) is 0 Å². The second-order valence-electron chi connectivity index (χ2n) is 4.14. The molecule has 1 atom stereocenters. The summed E-state index contributed by atoms with van der Waals surface area (Å²) in [6.07, 6.45) is 3.33. The quantitative estimate of drug-likeness (QED) is 0.868. The fourth-order valence-corrected chi connectivity index (χ4v) is 2.12. The topological polar surface area (TPSA) is 74.2 Å². The van der Waals surface area contributed by atoms with Crippen LogP contribution in [0.15, 0.2) is 29.1 Å². The fraction of sp³-hybridized carbons (Fsp3) is 0.333. The van der Waals surface area contributed by atoms with E-state index in [0.29, 0.717) is 12.4 Å². The molecule has 0 fully saturated rings. The van der Waals surface area contributed by atoms with E-state index < -0.39 is 0 Å². The average Bonchev–Trinajstić information content (AvgIpc) is 2.97. The zero-order valence-corrected chi connectivity index (χ0v) is 9.30. The highest BCUT2D eigenvalue weighted by molar-refractivity contribution is 5.40. The van der Waals surface area contributed by atoms with E-state index in [4.69, 9.17) is 10.5 Å². The average molecular weight is 231 g/mol. The SMILES string of the molecule is NC1CCc2cc(OCc3ncon3)ccc21. The molecular formula is C12H13N3O2. The molecule has 3 rings (SSSR count). The van der Waals surface area contributed by atoms with E-state index >= 15 is 0 Å². The molecule has 0 bridgehead atoms. The van der Waals surface area contributed by atoms with E-state index in [0.717, 1.165) is 18.6 Å². The summed E-state index contributed by atoms with van der Waals surface area (Å²) in [6, 6.07) is 6.20. The molecule has 0 aliphatic heterocycles. The van der Waals surface area contributed by atoms with E-state index in [1.807, 2.05) is 18.2 Å². The van der Waals surface area contributed by atoms with Crippen LogP contribution in [0, 0.1) is 0 Å². The van der Waals surface area contributed by atoms with Crippen LogP contribution in [0.5, 0.6) is 5.75 Å². The van der Waals surface area contributed by atoms with Gasteiger partial charge in [0.25, 0.3) is 0 Å². The third-order valence-corrected chi connectivity index (χ3v) is 3.01. The summed E-state index contributed by atoms with van der Waals surface area (Å²) in [5, 5.41) is 3.68. The summed E-state index contributed by atoms with van der Waals surface area (Å²) in [7, 11) is 0. The standard InChI is InChI=1S/C12H13N3O2/c13-11-4-1-8-5-9(2-3-10(8)11)16-6-12-14-7-17-15-12/h2-3,5,7,11H,1,4,6,13H2. The van der Waals surface area contributed by atoms with Gasteiger partial charge in [-0.3, -0.25) is 0 Å². The van der Waals surface area contributed by atoms with Gasteiger partial charge >= 0.3 is 0 Å². The molecule has 0 spiro atoms. The maximum Gasteiger partial charge on any atom is 0.213 e. The molecule has 88 valence electrons. The zero-order chi connectivity index (χ0) is 11.7. The molecule has 5 heteroatoms. The lowest BCUT2D eigenvalue weighted by Gasteiger charge is -2.07. The van der Waals surface area contributed by atoms with Crippen molar-refractivity contribution in [3.05, 3.63) is 41.5 Å². The molecule has 1 aliphatic carbocycles. The van der Waals surface area contributed by atoms with Gasteiger partial charge < -0.3 is 15.0 Å². The number of nitrogens with zero attached hydrogens (tertiary/aromatic N) is 2. The van der Waals surface area contributed by atoms with Crippen LogP contribution in [0.4, 0.5) is 0 Å². The molecule has 0 saturated carbocycles. The van der Waals surface area contributed by atoms with Crippen LogP contribution >= 0.6 is 0 Å². The Morgan fingerprint density at radius 1 is 1.47 bits per heavy atom. The molecule has 0 radical (unpaired) electrons. The van der Waals surface area contributed by atoms with Gasteiger partial charge in [0.15, 0.2) is 6.61 Å². The van der Waals surface area contributed by atoms with Crippen molar-refractivity contribution in [1.82, 2.24) is 10.1 Å². The lowest BCUT2D eigenvalue weighted by molar-refractivity contribution is 0.286. The number of nitrogens with two attached hydrogens (primary N) is 1. The van der Waals surface area contributed by atoms with Crippen molar-refractivity contribution in [2.75, 3.05) is 0 Å². The Morgan fingerprint density at radius 2 is 2.41 bits per heavy atom. The second-order valence-corrected chi connectivity index (χ2v) is 4.14. The normalized spacial score (nSPS) is 18.1. The number of rotatable bonds is 3. The van der Waals surface area contributed by atoms with Crippen molar-refractivity contribution in [2.24, 2.45) is 5.73 Å². The summed E-state index contributed by atoms with van der Waals surface area (Å²) in [4.78, 5) is 3.89. The minimum absolute atomic E-state index is 0.177. The van der Waals surface area contributed by atoms with Crippen LogP contribution < -0.4 is 10.5 Å². The molecule has 17 heavy (non-hydrogen) atoms. The number of fused-ring (bicyclic) bond motifs is 1. The van der Waals surface area contributed by atoms with Crippen LogP contribution in [-0.2, 0) is 13.0 Å². The highest BCUT2D eigenvalue weighted by Crippen LogP contribution is 2.31. The Bertz CT molecular complexity index is 510. The first-order valence-corrected chi connectivity index (χ1v) is 5.59. The van der Waals surface area contributed by atoms with Gasteiger partial charge in [-0.25, -0.2) is 0 Å². The van der Waals surface area contributed by atoms with Crippen LogP contribution in [0.3, 0.4) is 0 Å². The summed E-state index contributed by atoms with van der Waals surface area (Å²) in [5.74, 6) is 1.37. The van der Waals surface area contributed by atoms with Gasteiger partial charge in [0.1, 0.15) is 5.75 Å². The highest BCUT2D eigenvalue weighted by atomic mass is 16.5. The van der Waals surface area contributed by atoms with Crippen LogP contribution in [-0.4, -0.2) is 10.1 Å². The van der Waals surface area contributed by atoms with E-state index in [2.05, 4.69) is 14.7 Å². The molecule has 1 heterocycles. The van der Waals surface area contributed by atoms with Crippen LogP contribution in [0.25, 0.3) is 0 Å². The first-order chi connectivity index (χ1) is 8.33. The van der Waals surface area contributed by atoms with Crippen LogP contribution in [0.1, 0.15) is 29.4 Å². The molecule has 2 aromatic rings. The van der Waals surface area contributed by atoms with Gasteiger partial charge in [0.2, 0.25) is 12.2 Å². The van der Waals surface area contributed by atoms with Crippen molar-refractivity contribution < 1.29 is 9.26 Å². The number of aryl methyl sites for hydroxylation is 1. The van der Waals surface area contributed by atoms with Crippen molar-refractivity contribution in [3.63, 3.8) is 0 Å².